The van der Waals surface area contributed by atoms with Crippen LogP contribution in [0, 0.1) is 5.82 Å². The Hall–Kier alpha value is -2.12. The van der Waals surface area contributed by atoms with E-state index in [1.165, 1.54) is 35.5 Å². The third-order valence-electron chi connectivity index (χ3n) is 3.23. The van der Waals surface area contributed by atoms with E-state index in [2.05, 4.69) is 0 Å². The molecular weight excluding hydrogens is 333 g/mol. The van der Waals surface area contributed by atoms with Crippen LogP contribution in [0.15, 0.2) is 54.6 Å². The van der Waals surface area contributed by atoms with E-state index in [0.29, 0.717) is 11.4 Å². The maximum atomic E-state index is 12.8. The van der Waals surface area contributed by atoms with Crippen LogP contribution in [0.2, 0.25) is 0 Å². The third-order valence-corrected chi connectivity index (χ3v) is 4.95. The highest BCUT2D eigenvalue weighted by atomic mass is 32.2. The molecule has 0 radical (unpaired) electrons. The fourth-order valence-corrected chi connectivity index (χ4v) is 3.52. The summed E-state index contributed by atoms with van der Waals surface area (Å²) in [4.78, 5) is 0. The van der Waals surface area contributed by atoms with Crippen molar-refractivity contribution in [3.63, 3.8) is 0 Å². The molecule has 0 bridgehead atoms. The zero-order valence-electron chi connectivity index (χ0n) is 13.3. The fourth-order valence-electron chi connectivity index (χ4n) is 2.12. The molecule has 0 saturated heterocycles. The summed E-state index contributed by atoms with van der Waals surface area (Å²) in [5, 5.41) is 9.60. The lowest BCUT2D eigenvalue weighted by molar-refractivity contribution is 0.204. The highest BCUT2D eigenvalue weighted by molar-refractivity contribution is 7.92. The molecule has 0 saturated carbocycles. The molecule has 0 aliphatic rings. The zero-order chi connectivity index (χ0) is 17.6. The Morgan fingerprint density at radius 1 is 1.12 bits per heavy atom. The van der Waals surface area contributed by atoms with Gasteiger partial charge in [0.1, 0.15) is 23.9 Å². The number of halogens is 1. The summed E-state index contributed by atoms with van der Waals surface area (Å²) in [6.45, 7) is 1.42. The van der Waals surface area contributed by atoms with Gasteiger partial charge in [-0.15, -0.1) is 0 Å². The summed E-state index contributed by atoms with van der Waals surface area (Å²) in [7, 11) is -3.67. The van der Waals surface area contributed by atoms with E-state index >= 15 is 0 Å². The van der Waals surface area contributed by atoms with Gasteiger partial charge in [0.15, 0.2) is 0 Å². The maximum absolute atomic E-state index is 12.8. The molecule has 2 aromatic rings. The van der Waals surface area contributed by atoms with E-state index in [0.717, 1.165) is 0 Å². The van der Waals surface area contributed by atoms with Crippen molar-refractivity contribution in [3.8, 4) is 5.75 Å². The van der Waals surface area contributed by atoms with Gasteiger partial charge in [-0.05, 0) is 43.3 Å². The largest absolute Gasteiger partial charge is 0.492 e. The summed E-state index contributed by atoms with van der Waals surface area (Å²) >= 11 is 0. The summed E-state index contributed by atoms with van der Waals surface area (Å²) in [5.41, 5.74) is 0.486. The monoisotopic (exact) mass is 353 g/mol. The van der Waals surface area contributed by atoms with E-state index in [9.17, 15) is 17.9 Å². The molecule has 0 amide bonds. The number of sulfonamides is 1. The van der Waals surface area contributed by atoms with Crippen molar-refractivity contribution in [2.24, 2.45) is 0 Å². The molecule has 7 heteroatoms. The Bertz CT molecular complexity index is 733. The lowest BCUT2D eigenvalue weighted by Gasteiger charge is -2.25. The molecule has 2 aromatic carbocycles. The molecular formula is C17H20FNO4S. The van der Waals surface area contributed by atoms with Gasteiger partial charge in [0.05, 0.1) is 18.3 Å². The zero-order valence-corrected chi connectivity index (χ0v) is 14.1. The highest BCUT2D eigenvalue weighted by Gasteiger charge is 2.23. The first kappa shape index (κ1) is 18.2. The minimum atomic E-state index is -3.67. The lowest BCUT2D eigenvalue weighted by atomic mass is 10.3. The number of hydrogen-bond donors (Lipinski definition) is 1. The molecule has 0 aliphatic heterocycles. The minimum absolute atomic E-state index is 0.0388. The Morgan fingerprint density at radius 3 is 2.33 bits per heavy atom. The number of rotatable bonds is 8. The van der Waals surface area contributed by atoms with Crippen molar-refractivity contribution in [3.05, 3.63) is 60.4 Å². The van der Waals surface area contributed by atoms with Gasteiger partial charge < -0.3 is 9.84 Å². The lowest BCUT2D eigenvalue weighted by Crippen LogP contribution is -2.39. The number of para-hydroxylation sites is 1. The Morgan fingerprint density at radius 2 is 1.75 bits per heavy atom. The predicted octanol–water partition coefficient (Wildman–Crippen LogP) is 2.42. The molecule has 0 heterocycles. The average Bonchev–Trinajstić information content (AvgIpc) is 2.55. The molecule has 1 atom stereocenters. The molecule has 0 aliphatic carbocycles. The molecule has 0 aromatic heterocycles. The molecule has 1 N–H and O–H groups in total. The van der Waals surface area contributed by atoms with Crippen LogP contribution in [0.1, 0.15) is 6.92 Å². The van der Waals surface area contributed by atoms with Gasteiger partial charge in [0.25, 0.3) is 0 Å². The van der Waals surface area contributed by atoms with E-state index in [1.807, 2.05) is 0 Å². The second-order valence-electron chi connectivity index (χ2n) is 5.33. The Kier molecular flexibility index (Phi) is 6.16. The summed E-state index contributed by atoms with van der Waals surface area (Å²) in [5.74, 6) is -0.248. The molecule has 24 heavy (non-hydrogen) atoms. The number of anilines is 1. The molecule has 0 spiro atoms. The van der Waals surface area contributed by atoms with E-state index in [4.69, 9.17) is 4.74 Å². The van der Waals surface area contributed by atoms with Gasteiger partial charge in [-0.2, -0.15) is 0 Å². The summed E-state index contributed by atoms with van der Waals surface area (Å²) in [6, 6.07) is 13.9. The fraction of sp³-hybridized carbons (Fsp3) is 0.294. The maximum Gasteiger partial charge on any atom is 0.238 e. The number of hydrogen-bond acceptors (Lipinski definition) is 4. The summed E-state index contributed by atoms with van der Waals surface area (Å²) in [6.07, 6.45) is -0.807. The number of ether oxygens (including phenoxy) is 1. The van der Waals surface area contributed by atoms with Crippen molar-refractivity contribution in [2.75, 3.05) is 23.2 Å². The van der Waals surface area contributed by atoms with E-state index in [-0.39, 0.29) is 24.7 Å². The van der Waals surface area contributed by atoms with E-state index in [1.54, 1.807) is 30.3 Å². The first-order chi connectivity index (χ1) is 11.4. The molecule has 130 valence electrons. The van der Waals surface area contributed by atoms with Gasteiger partial charge >= 0.3 is 0 Å². The van der Waals surface area contributed by atoms with Gasteiger partial charge in [-0.25, -0.2) is 12.8 Å². The van der Waals surface area contributed by atoms with Crippen molar-refractivity contribution in [1.82, 2.24) is 0 Å². The topological polar surface area (TPSA) is 66.8 Å². The second-order valence-corrected chi connectivity index (χ2v) is 7.35. The second kappa shape index (κ2) is 8.12. The number of benzene rings is 2. The number of aliphatic hydroxyl groups is 1. The third kappa shape index (κ3) is 5.21. The molecule has 5 nitrogen and oxygen atoms in total. The minimum Gasteiger partial charge on any atom is -0.492 e. The van der Waals surface area contributed by atoms with Crippen molar-refractivity contribution >= 4 is 15.7 Å². The van der Waals surface area contributed by atoms with Crippen LogP contribution in [0.25, 0.3) is 0 Å². The number of nitrogens with zero attached hydrogens (tertiary/aromatic N) is 1. The summed E-state index contributed by atoms with van der Waals surface area (Å²) < 4.78 is 44.5. The molecule has 0 fully saturated rings. The van der Waals surface area contributed by atoms with Gasteiger partial charge in [0.2, 0.25) is 10.0 Å². The van der Waals surface area contributed by atoms with Crippen LogP contribution < -0.4 is 9.04 Å². The Balaban J connectivity index is 2.06. The smallest absolute Gasteiger partial charge is 0.238 e. The van der Waals surface area contributed by atoms with Gasteiger partial charge in [-0.1, -0.05) is 18.2 Å². The first-order valence-corrected chi connectivity index (χ1v) is 9.11. The first-order valence-electron chi connectivity index (χ1n) is 7.50. The van der Waals surface area contributed by atoms with Crippen LogP contribution in [0.5, 0.6) is 5.75 Å². The average molecular weight is 353 g/mol. The van der Waals surface area contributed by atoms with Crippen LogP contribution in [-0.4, -0.2) is 38.5 Å². The van der Waals surface area contributed by atoms with Crippen molar-refractivity contribution in [2.45, 2.75) is 13.0 Å². The van der Waals surface area contributed by atoms with Crippen molar-refractivity contribution < 1.29 is 22.7 Å². The normalized spacial score (nSPS) is 12.6. The Labute approximate surface area is 141 Å². The van der Waals surface area contributed by atoms with Gasteiger partial charge in [-0.3, -0.25) is 4.31 Å². The molecule has 2 rings (SSSR count). The van der Waals surface area contributed by atoms with Crippen LogP contribution in [0.3, 0.4) is 0 Å². The van der Waals surface area contributed by atoms with Gasteiger partial charge in [0, 0.05) is 0 Å². The standard InChI is InChI=1S/C17H20FNO4S/c1-14(20)13-19(16-5-3-2-4-6-16)24(21,22)12-11-23-17-9-7-15(18)8-10-17/h2-10,14,20H,11-13H2,1H3/t14-/m1/s1. The molecule has 0 unspecified atom stereocenters. The highest BCUT2D eigenvalue weighted by Crippen LogP contribution is 2.19. The van der Waals surface area contributed by atoms with Crippen molar-refractivity contribution in [1.29, 1.82) is 0 Å². The van der Waals surface area contributed by atoms with Crippen LogP contribution >= 0.6 is 0 Å². The van der Waals surface area contributed by atoms with Crippen LogP contribution in [0.4, 0.5) is 10.1 Å². The predicted molar refractivity (Wildman–Crippen MR) is 91.2 cm³/mol. The van der Waals surface area contributed by atoms with E-state index < -0.39 is 16.1 Å². The quantitative estimate of drug-likeness (QED) is 0.791. The van der Waals surface area contributed by atoms with Crippen LogP contribution in [-0.2, 0) is 10.0 Å². The number of aliphatic hydroxyl groups excluding tert-OH is 1. The SMILES string of the molecule is C[C@@H](O)CN(c1ccccc1)S(=O)(=O)CCOc1ccc(F)cc1.